The number of benzene rings is 1. The van der Waals surface area contributed by atoms with Crippen LogP contribution in [0, 0.1) is 0 Å². The van der Waals surface area contributed by atoms with Crippen molar-refractivity contribution < 1.29 is 9.47 Å². The smallest absolute Gasteiger partial charge is 0.132 e. The van der Waals surface area contributed by atoms with E-state index in [9.17, 15) is 0 Å². The van der Waals surface area contributed by atoms with E-state index in [1.807, 2.05) is 29.8 Å². The third kappa shape index (κ3) is 2.68. The highest BCUT2D eigenvalue weighted by molar-refractivity contribution is 5.77. The Balaban J connectivity index is 2.63. The summed E-state index contributed by atoms with van der Waals surface area (Å²) in [6.07, 6.45) is 0. The lowest BCUT2D eigenvalue weighted by atomic mass is 9.96. The number of methoxy groups -OCH3 is 2. The van der Waals surface area contributed by atoms with Gasteiger partial charge < -0.3 is 19.8 Å². The normalized spacial score (nSPS) is 11.5. The summed E-state index contributed by atoms with van der Waals surface area (Å²) in [5.41, 5.74) is 7.76. The lowest BCUT2D eigenvalue weighted by Crippen LogP contribution is -2.17. The van der Waals surface area contributed by atoms with Crippen molar-refractivity contribution in [3.05, 3.63) is 24.0 Å². The van der Waals surface area contributed by atoms with Crippen LogP contribution in [0.15, 0.2) is 18.2 Å². The number of imidazole rings is 1. The summed E-state index contributed by atoms with van der Waals surface area (Å²) in [5.74, 6) is 3.00. The predicted octanol–water partition coefficient (Wildman–Crippen LogP) is 2.98. The number of ether oxygens (including phenoxy) is 2. The van der Waals surface area contributed by atoms with Crippen molar-refractivity contribution in [3.63, 3.8) is 0 Å². The number of aromatic nitrogens is 2. The largest absolute Gasteiger partial charge is 0.497 e. The first-order chi connectivity index (χ1) is 9.79. The van der Waals surface area contributed by atoms with Crippen molar-refractivity contribution in [3.8, 4) is 22.8 Å². The molecule has 21 heavy (non-hydrogen) atoms. The number of nitrogens with zero attached hydrogens (tertiary/aromatic N) is 2. The molecule has 0 aliphatic rings. The molecule has 0 fully saturated rings. The molecule has 2 N–H and O–H groups in total. The Bertz CT molecular complexity index is 654. The zero-order chi connectivity index (χ0) is 15.8. The number of hydrogen-bond acceptors (Lipinski definition) is 4. The van der Waals surface area contributed by atoms with Crippen LogP contribution in [-0.2, 0) is 12.5 Å². The molecule has 0 saturated heterocycles. The second-order valence-electron chi connectivity index (χ2n) is 6.04. The second kappa shape index (κ2) is 5.31. The van der Waals surface area contributed by atoms with E-state index >= 15 is 0 Å². The van der Waals surface area contributed by atoms with Gasteiger partial charge in [-0.2, -0.15) is 0 Å². The molecule has 0 amide bonds. The Morgan fingerprint density at radius 2 is 1.81 bits per heavy atom. The number of anilines is 1. The van der Waals surface area contributed by atoms with Gasteiger partial charge in [-0.25, -0.2) is 4.98 Å². The maximum atomic E-state index is 6.24. The lowest BCUT2D eigenvalue weighted by molar-refractivity contribution is 0.395. The van der Waals surface area contributed by atoms with Gasteiger partial charge in [0.05, 0.1) is 14.2 Å². The SMILES string of the molecule is COc1ccc(-c2nc(C(C)(C)C)n(C)c2N)c(OC)c1. The standard InChI is InChI=1S/C16H23N3O2/c1-16(2,3)15-18-13(14(17)19(15)4)11-8-7-10(20-5)9-12(11)21-6/h7-9H,17H2,1-6H3. The minimum Gasteiger partial charge on any atom is -0.497 e. The minimum atomic E-state index is -0.0825. The Morgan fingerprint density at radius 3 is 2.29 bits per heavy atom. The van der Waals surface area contributed by atoms with Gasteiger partial charge in [-0.15, -0.1) is 0 Å². The van der Waals surface area contributed by atoms with Gasteiger partial charge in [0.15, 0.2) is 0 Å². The molecule has 5 heteroatoms. The Labute approximate surface area is 125 Å². The Kier molecular flexibility index (Phi) is 3.85. The maximum Gasteiger partial charge on any atom is 0.132 e. The number of nitrogen functional groups attached to an aromatic ring is 1. The summed E-state index contributed by atoms with van der Waals surface area (Å²) in [5, 5.41) is 0. The van der Waals surface area contributed by atoms with Crippen molar-refractivity contribution in [2.75, 3.05) is 20.0 Å². The van der Waals surface area contributed by atoms with Gasteiger partial charge in [-0.3, -0.25) is 0 Å². The van der Waals surface area contributed by atoms with E-state index in [0.717, 1.165) is 22.8 Å². The summed E-state index contributed by atoms with van der Waals surface area (Å²) in [6.45, 7) is 6.34. The molecule has 1 aromatic carbocycles. The molecule has 2 rings (SSSR count). The third-order valence-corrected chi connectivity index (χ3v) is 3.47. The topological polar surface area (TPSA) is 62.3 Å². The summed E-state index contributed by atoms with van der Waals surface area (Å²) in [6, 6.07) is 5.63. The first-order valence-electron chi connectivity index (χ1n) is 6.84. The third-order valence-electron chi connectivity index (χ3n) is 3.47. The fourth-order valence-electron chi connectivity index (χ4n) is 2.37. The van der Waals surface area contributed by atoms with Crippen molar-refractivity contribution in [2.45, 2.75) is 26.2 Å². The van der Waals surface area contributed by atoms with Gasteiger partial charge in [-0.1, -0.05) is 20.8 Å². The molecule has 0 aliphatic carbocycles. The fourth-order valence-corrected chi connectivity index (χ4v) is 2.37. The molecular formula is C16H23N3O2. The number of nitrogens with two attached hydrogens (primary N) is 1. The van der Waals surface area contributed by atoms with Crippen LogP contribution in [0.2, 0.25) is 0 Å². The number of rotatable bonds is 3. The molecule has 0 saturated carbocycles. The summed E-state index contributed by atoms with van der Waals surface area (Å²) >= 11 is 0. The van der Waals surface area contributed by atoms with E-state index < -0.39 is 0 Å². The number of hydrogen-bond donors (Lipinski definition) is 1. The van der Waals surface area contributed by atoms with Gasteiger partial charge in [-0.05, 0) is 12.1 Å². The minimum absolute atomic E-state index is 0.0825. The highest BCUT2D eigenvalue weighted by Gasteiger charge is 2.25. The van der Waals surface area contributed by atoms with Gasteiger partial charge in [0, 0.05) is 24.1 Å². The average Bonchev–Trinajstić information content (AvgIpc) is 2.74. The second-order valence-corrected chi connectivity index (χ2v) is 6.04. The highest BCUT2D eigenvalue weighted by atomic mass is 16.5. The van der Waals surface area contributed by atoms with Crippen LogP contribution in [-0.4, -0.2) is 23.8 Å². The van der Waals surface area contributed by atoms with Crippen LogP contribution in [0.3, 0.4) is 0 Å². The van der Waals surface area contributed by atoms with Gasteiger partial charge in [0.2, 0.25) is 0 Å². The van der Waals surface area contributed by atoms with Crippen LogP contribution in [0.1, 0.15) is 26.6 Å². The monoisotopic (exact) mass is 289 g/mol. The van der Waals surface area contributed by atoms with Crippen LogP contribution in [0.5, 0.6) is 11.5 Å². The van der Waals surface area contributed by atoms with E-state index in [4.69, 9.17) is 20.2 Å². The van der Waals surface area contributed by atoms with Crippen molar-refractivity contribution in [2.24, 2.45) is 7.05 Å². The fraction of sp³-hybridized carbons (Fsp3) is 0.438. The summed E-state index contributed by atoms with van der Waals surface area (Å²) in [4.78, 5) is 4.73. The molecule has 5 nitrogen and oxygen atoms in total. The molecule has 0 radical (unpaired) electrons. The molecule has 1 heterocycles. The van der Waals surface area contributed by atoms with E-state index in [2.05, 4.69) is 20.8 Å². The Hall–Kier alpha value is -2.17. The van der Waals surface area contributed by atoms with Crippen LogP contribution < -0.4 is 15.2 Å². The molecule has 1 aromatic heterocycles. The maximum absolute atomic E-state index is 6.24. The Morgan fingerprint density at radius 1 is 1.14 bits per heavy atom. The van der Waals surface area contributed by atoms with Crippen LogP contribution in [0.4, 0.5) is 5.82 Å². The van der Waals surface area contributed by atoms with Gasteiger partial charge >= 0.3 is 0 Å². The molecular weight excluding hydrogens is 266 g/mol. The van der Waals surface area contributed by atoms with Crippen molar-refractivity contribution >= 4 is 5.82 Å². The average molecular weight is 289 g/mol. The zero-order valence-electron chi connectivity index (χ0n) is 13.5. The summed E-state index contributed by atoms with van der Waals surface area (Å²) in [7, 11) is 5.19. The van der Waals surface area contributed by atoms with Crippen molar-refractivity contribution in [1.29, 1.82) is 0 Å². The van der Waals surface area contributed by atoms with E-state index in [-0.39, 0.29) is 5.41 Å². The van der Waals surface area contributed by atoms with Crippen molar-refractivity contribution in [1.82, 2.24) is 9.55 Å². The molecule has 2 aromatic rings. The molecule has 0 spiro atoms. The molecule has 0 atom stereocenters. The zero-order valence-corrected chi connectivity index (χ0v) is 13.5. The molecule has 0 aliphatic heterocycles. The van der Waals surface area contributed by atoms with Gasteiger partial charge in [0.25, 0.3) is 0 Å². The van der Waals surface area contributed by atoms with Gasteiger partial charge in [0.1, 0.15) is 28.8 Å². The van der Waals surface area contributed by atoms with E-state index in [1.165, 1.54) is 0 Å². The molecule has 0 bridgehead atoms. The molecule has 0 unspecified atom stereocenters. The predicted molar refractivity (Wildman–Crippen MR) is 84.9 cm³/mol. The molecule has 114 valence electrons. The summed E-state index contributed by atoms with van der Waals surface area (Å²) < 4.78 is 12.6. The highest BCUT2D eigenvalue weighted by Crippen LogP contribution is 2.37. The van der Waals surface area contributed by atoms with Crippen LogP contribution >= 0.6 is 0 Å². The quantitative estimate of drug-likeness (QED) is 0.943. The van der Waals surface area contributed by atoms with E-state index in [1.54, 1.807) is 14.2 Å². The van der Waals surface area contributed by atoms with E-state index in [0.29, 0.717) is 11.6 Å². The first-order valence-corrected chi connectivity index (χ1v) is 6.84. The first kappa shape index (κ1) is 15.2. The van der Waals surface area contributed by atoms with Crippen LogP contribution in [0.25, 0.3) is 11.3 Å². The lowest BCUT2D eigenvalue weighted by Gasteiger charge is -2.17.